The third-order valence-corrected chi connectivity index (χ3v) is 2.25. The van der Waals surface area contributed by atoms with Gasteiger partial charge in [-0.2, -0.15) is 6.41 Å². The van der Waals surface area contributed by atoms with Crippen molar-refractivity contribution in [2.45, 2.75) is 12.5 Å². The standard InChI is InChI=1S/C12H13N2O4.Fm/c15-8-14-10(12(18)13-7-11(16)17)6-9-4-2-1-3-5-9;/h1-5,10H,6-7H2,(H,13,18)(H,14,15)(H,16,17);/q-1;. The van der Waals surface area contributed by atoms with Gasteiger partial charge in [-0.05, 0) is 12.0 Å². The predicted molar refractivity (Wildman–Crippen MR) is 63.4 cm³/mol. The number of nitrogens with one attached hydrogen (secondary N) is 2. The molecule has 1 atom stereocenters. The van der Waals surface area contributed by atoms with Gasteiger partial charge in [-0.3, -0.25) is 9.59 Å². The number of carbonyl (C=O) groups excluding carboxylic acids is 2. The summed E-state index contributed by atoms with van der Waals surface area (Å²) in [5.74, 6) is -1.69. The number of aliphatic carboxylic acids is 1. The summed E-state index contributed by atoms with van der Waals surface area (Å²) in [7, 11) is 0. The van der Waals surface area contributed by atoms with Gasteiger partial charge in [0.25, 0.3) is 0 Å². The maximum Gasteiger partial charge on any atom is 0.322 e. The van der Waals surface area contributed by atoms with Crippen LogP contribution in [0.15, 0.2) is 30.3 Å². The van der Waals surface area contributed by atoms with Gasteiger partial charge in [0.05, 0.1) is 6.04 Å². The molecule has 6 nitrogen and oxygen atoms in total. The number of rotatable bonds is 7. The molecule has 0 heterocycles. The Morgan fingerprint density at radius 1 is 1.26 bits per heavy atom. The van der Waals surface area contributed by atoms with E-state index in [1.807, 2.05) is 30.3 Å². The molecule has 0 radical (unpaired) electrons. The molecule has 1 aromatic rings. The Labute approximate surface area is 104 Å². The summed E-state index contributed by atoms with van der Waals surface area (Å²) in [5.41, 5.74) is 0.857. The number of benzene rings is 1. The number of carbonyl (C=O) groups is 2. The van der Waals surface area contributed by atoms with E-state index in [9.17, 15) is 14.4 Å². The minimum Gasteiger partial charge on any atom is -0.520 e. The largest absolute Gasteiger partial charge is 0.520 e. The van der Waals surface area contributed by atoms with Crippen LogP contribution in [-0.2, 0) is 20.8 Å². The van der Waals surface area contributed by atoms with Crippen molar-refractivity contribution in [1.82, 2.24) is 10.6 Å². The van der Waals surface area contributed by atoms with Crippen LogP contribution in [0.3, 0.4) is 0 Å². The van der Waals surface area contributed by atoms with Gasteiger partial charge >= 0.3 is 5.97 Å². The van der Waals surface area contributed by atoms with Crippen molar-refractivity contribution in [3.8, 4) is 0 Å². The number of hydrogen-bond acceptors (Lipinski definition) is 3. The quantitative estimate of drug-likeness (QED) is 0.342. The normalized spacial score (nSPS) is 10.7. The Morgan fingerprint density at radius 3 is 2.42 bits per heavy atom. The second kappa shape index (κ2) is 7.83. The molecule has 0 saturated heterocycles. The number of carboxylic acid groups (broad SMARTS) is 1. The first kappa shape index (κ1) is 15.6. The maximum atomic E-state index is 11.6. The molecule has 0 aliphatic rings. The molecule has 19 heavy (non-hydrogen) atoms. The van der Waals surface area contributed by atoms with Gasteiger partial charge < -0.3 is 20.5 Å². The molecule has 0 aliphatic heterocycles. The number of hydrogen-bond donors (Lipinski definition) is 3. The molecular weight excluding hydrogens is 493 g/mol. The molecule has 0 aromatic heterocycles. The third-order valence-electron chi connectivity index (χ3n) is 2.25. The first-order chi connectivity index (χ1) is 8.63. The molecule has 0 bridgehead atoms. The molecule has 1 aromatic carbocycles. The van der Waals surface area contributed by atoms with Crippen LogP contribution in [0.4, 0.5) is 0 Å². The summed E-state index contributed by atoms with van der Waals surface area (Å²) in [6, 6.07) is 8.25. The molecule has 1 unspecified atom stereocenters. The molecule has 108 valence electrons. The average Bonchev–Trinajstić information content (AvgIpc) is 2.36. The second-order valence-electron chi connectivity index (χ2n) is 3.60. The van der Waals surface area contributed by atoms with E-state index in [1.165, 1.54) is 6.41 Å². The Kier molecular flexibility index (Phi) is 6.44. The zero-order valence-corrected chi connectivity index (χ0v) is 12.2. The van der Waals surface area contributed by atoms with Crippen molar-refractivity contribution < 1.29 is 19.5 Å². The minimum atomic E-state index is -1.14. The van der Waals surface area contributed by atoms with Crippen LogP contribution in [0.2, 0.25) is 0 Å². The van der Waals surface area contributed by atoms with E-state index in [-0.39, 0.29) is 6.42 Å². The molecule has 0 fully saturated rings. The summed E-state index contributed by atoms with van der Waals surface area (Å²) >= 11 is 0. The van der Waals surface area contributed by atoms with Crippen molar-refractivity contribution in [2.24, 2.45) is 0 Å². The van der Waals surface area contributed by atoms with Gasteiger partial charge in [-0.15, -0.1) is 0 Å². The summed E-state index contributed by atoms with van der Waals surface area (Å²) in [6.07, 6.45) is 1.73. The van der Waals surface area contributed by atoms with Gasteiger partial charge in [0.2, 0.25) is 5.91 Å². The predicted octanol–water partition coefficient (Wildman–Crippen LogP) is -0.545. The van der Waals surface area contributed by atoms with Gasteiger partial charge in [0, 0.05) is 0 Å². The van der Waals surface area contributed by atoms with E-state index in [2.05, 4.69) is 10.6 Å². The number of amides is 2. The minimum absolute atomic E-state index is 0. The Bertz CT molecular complexity index is 425. The maximum absolute atomic E-state index is 11.6. The third kappa shape index (κ3) is 5.48. The van der Waals surface area contributed by atoms with E-state index in [0.717, 1.165) is 5.56 Å². The summed E-state index contributed by atoms with van der Waals surface area (Å²) < 4.78 is 0. The van der Waals surface area contributed by atoms with Crippen LogP contribution in [0, 0.1) is 0 Å². The van der Waals surface area contributed by atoms with E-state index < -0.39 is 24.5 Å². The van der Waals surface area contributed by atoms with E-state index in [0.29, 0.717) is 0 Å². The van der Waals surface area contributed by atoms with E-state index in [1.54, 1.807) is 0 Å². The van der Waals surface area contributed by atoms with Crippen LogP contribution < -0.4 is 10.6 Å². The average molecular weight is 506 g/mol. The molecule has 3 N–H and O–H groups in total. The van der Waals surface area contributed by atoms with Crippen LogP contribution >= 0.6 is 0 Å². The molecular formula is C12H13FmN2O4-. The Balaban J connectivity index is 0.00000324. The van der Waals surface area contributed by atoms with Gasteiger partial charge in [0.1, 0.15) is 6.54 Å². The van der Waals surface area contributed by atoms with Crippen molar-refractivity contribution in [1.29, 1.82) is 0 Å². The van der Waals surface area contributed by atoms with Crippen molar-refractivity contribution in [3.05, 3.63) is 35.9 Å². The molecule has 1 rings (SSSR count). The first-order valence-electron chi connectivity index (χ1n) is 5.29. The summed E-state index contributed by atoms with van der Waals surface area (Å²) in [4.78, 5) is 32.3. The zero-order valence-electron chi connectivity index (χ0n) is 9.84. The SMILES string of the molecule is O=[C-]NC(Cc1ccccc1)C(=O)NCC(=O)O.[Fm]. The molecule has 7 heteroatoms. The van der Waals surface area contributed by atoms with Gasteiger partial charge in [-0.1, -0.05) is 30.3 Å². The van der Waals surface area contributed by atoms with E-state index in [4.69, 9.17) is 5.11 Å². The monoisotopic (exact) mass is 506 g/mol. The fourth-order valence-corrected chi connectivity index (χ4v) is 1.42. The molecule has 0 spiro atoms. The smallest absolute Gasteiger partial charge is 0.322 e. The summed E-state index contributed by atoms with van der Waals surface area (Å²) in [5, 5.41) is 12.9. The van der Waals surface area contributed by atoms with E-state index >= 15 is 0 Å². The van der Waals surface area contributed by atoms with Crippen LogP contribution in [-0.4, -0.2) is 36.0 Å². The summed E-state index contributed by atoms with van der Waals surface area (Å²) in [6.45, 7) is -0.481. The molecule has 2 amide bonds. The van der Waals surface area contributed by atoms with Crippen molar-refractivity contribution >= 4 is 18.3 Å². The Morgan fingerprint density at radius 2 is 1.89 bits per heavy atom. The molecule has 0 saturated carbocycles. The zero-order chi connectivity index (χ0) is 13.4. The van der Waals surface area contributed by atoms with Crippen LogP contribution in [0.5, 0.6) is 0 Å². The van der Waals surface area contributed by atoms with Gasteiger partial charge in [-0.25, -0.2) is 0 Å². The second-order valence-corrected chi connectivity index (χ2v) is 3.60. The van der Waals surface area contributed by atoms with Crippen molar-refractivity contribution in [2.75, 3.05) is 6.54 Å². The van der Waals surface area contributed by atoms with Crippen molar-refractivity contribution in [3.63, 3.8) is 0 Å². The van der Waals surface area contributed by atoms with Crippen LogP contribution in [0.25, 0.3) is 0 Å². The number of carboxylic acids is 1. The fourth-order valence-electron chi connectivity index (χ4n) is 1.42. The van der Waals surface area contributed by atoms with Gasteiger partial charge in [0.15, 0.2) is 0 Å². The molecule has 0 aliphatic carbocycles. The first-order valence-corrected chi connectivity index (χ1v) is 5.29. The topological polar surface area (TPSA) is 95.5 Å². The fraction of sp³-hybridized carbons (Fsp3) is 0.250. The van der Waals surface area contributed by atoms with Crippen LogP contribution in [0.1, 0.15) is 5.56 Å². The Hall–Kier alpha value is -3.37.